The van der Waals surface area contributed by atoms with Crippen LogP contribution >= 0.6 is 0 Å². The van der Waals surface area contributed by atoms with Crippen LogP contribution in [-0.2, 0) is 4.74 Å². The predicted molar refractivity (Wildman–Crippen MR) is 77.8 cm³/mol. The van der Waals surface area contributed by atoms with Gasteiger partial charge in [-0.25, -0.2) is 4.79 Å². The molecule has 106 valence electrons. The van der Waals surface area contributed by atoms with Crippen molar-refractivity contribution in [2.75, 3.05) is 7.11 Å². The predicted octanol–water partition coefficient (Wildman–Crippen LogP) is 2.94. The summed E-state index contributed by atoms with van der Waals surface area (Å²) in [6, 6.07) is 14.2. The zero-order valence-corrected chi connectivity index (χ0v) is 11.4. The van der Waals surface area contributed by atoms with Crippen LogP contribution in [0, 0.1) is 0 Å². The van der Waals surface area contributed by atoms with Crippen LogP contribution in [-0.4, -0.2) is 18.2 Å². The Hall–Kier alpha value is -2.59. The second-order valence-electron chi connectivity index (χ2n) is 4.68. The number of hydrogen-bond acceptors (Lipinski definition) is 4. The van der Waals surface area contributed by atoms with E-state index in [1.165, 1.54) is 6.08 Å². The summed E-state index contributed by atoms with van der Waals surface area (Å²) in [5, 5.41) is 10.2. The molecule has 2 aromatic rings. The summed E-state index contributed by atoms with van der Waals surface area (Å²) < 4.78 is 10.3. The van der Waals surface area contributed by atoms with Crippen molar-refractivity contribution in [3.63, 3.8) is 0 Å². The lowest BCUT2D eigenvalue weighted by Gasteiger charge is -2.08. The average Bonchev–Trinajstić information content (AvgIpc) is 2.84. The molecule has 0 spiro atoms. The lowest BCUT2D eigenvalue weighted by Crippen LogP contribution is -1.96. The molecule has 0 radical (unpaired) electrons. The molecule has 1 unspecified atom stereocenters. The fourth-order valence-corrected chi connectivity index (χ4v) is 2.25. The van der Waals surface area contributed by atoms with Crippen LogP contribution in [0.3, 0.4) is 0 Å². The summed E-state index contributed by atoms with van der Waals surface area (Å²) in [4.78, 5) is 11.7. The van der Waals surface area contributed by atoms with E-state index < -0.39 is 12.1 Å². The summed E-state index contributed by atoms with van der Waals surface area (Å²) in [7, 11) is 1.59. The summed E-state index contributed by atoms with van der Waals surface area (Å²) in [5.74, 6) is 0.717. The van der Waals surface area contributed by atoms with Crippen molar-refractivity contribution in [2.24, 2.45) is 0 Å². The second kappa shape index (κ2) is 5.42. The van der Waals surface area contributed by atoms with Gasteiger partial charge in [0.2, 0.25) is 0 Å². The van der Waals surface area contributed by atoms with Crippen LogP contribution in [0.5, 0.6) is 5.75 Å². The highest BCUT2D eigenvalue weighted by molar-refractivity contribution is 6.02. The summed E-state index contributed by atoms with van der Waals surface area (Å²) in [5.41, 5.74) is 1.92. The van der Waals surface area contributed by atoms with E-state index in [9.17, 15) is 9.90 Å². The molecule has 4 nitrogen and oxygen atoms in total. The highest BCUT2D eigenvalue weighted by Crippen LogP contribution is 2.31. The van der Waals surface area contributed by atoms with E-state index >= 15 is 0 Å². The van der Waals surface area contributed by atoms with E-state index in [4.69, 9.17) is 9.47 Å². The van der Waals surface area contributed by atoms with E-state index in [1.54, 1.807) is 49.6 Å². The maximum atomic E-state index is 11.7. The summed E-state index contributed by atoms with van der Waals surface area (Å²) in [6.45, 7) is 0. The van der Waals surface area contributed by atoms with Crippen LogP contribution in [0.15, 0.2) is 54.6 Å². The first-order chi connectivity index (χ1) is 10.2. The highest BCUT2D eigenvalue weighted by Gasteiger charge is 2.26. The van der Waals surface area contributed by atoms with Gasteiger partial charge in [-0.15, -0.1) is 0 Å². The SMILES string of the molecule is COc1ccc(C(O)/C=C2\OC(=O)c3ccccc32)cc1. The quantitative estimate of drug-likeness (QED) is 0.879. The van der Waals surface area contributed by atoms with Gasteiger partial charge in [0.1, 0.15) is 17.6 Å². The molecule has 2 aromatic carbocycles. The number of methoxy groups -OCH3 is 1. The third-order valence-corrected chi connectivity index (χ3v) is 3.38. The van der Waals surface area contributed by atoms with E-state index in [0.717, 1.165) is 5.75 Å². The Balaban J connectivity index is 1.90. The fraction of sp³-hybridized carbons (Fsp3) is 0.118. The number of rotatable bonds is 3. The van der Waals surface area contributed by atoms with Crippen molar-refractivity contribution in [1.82, 2.24) is 0 Å². The first kappa shape index (κ1) is 13.4. The number of hydrogen-bond donors (Lipinski definition) is 1. The van der Waals surface area contributed by atoms with Crippen molar-refractivity contribution in [3.8, 4) is 5.75 Å². The third-order valence-electron chi connectivity index (χ3n) is 3.38. The largest absolute Gasteiger partial charge is 0.497 e. The molecule has 0 bridgehead atoms. The van der Waals surface area contributed by atoms with Crippen molar-refractivity contribution in [2.45, 2.75) is 6.10 Å². The molecule has 4 heteroatoms. The van der Waals surface area contributed by atoms with Crippen molar-refractivity contribution in [1.29, 1.82) is 0 Å². The number of fused-ring (bicyclic) bond motifs is 1. The van der Waals surface area contributed by atoms with Gasteiger partial charge in [-0.2, -0.15) is 0 Å². The van der Waals surface area contributed by atoms with Crippen LogP contribution in [0.25, 0.3) is 5.76 Å². The van der Waals surface area contributed by atoms with E-state index in [1.807, 2.05) is 6.07 Å². The van der Waals surface area contributed by atoms with Gasteiger partial charge in [0.15, 0.2) is 0 Å². The van der Waals surface area contributed by atoms with Gasteiger partial charge in [-0.3, -0.25) is 0 Å². The number of aliphatic hydroxyl groups is 1. The average molecular weight is 282 g/mol. The molecular formula is C17H14O4. The Morgan fingerprint density at radius 3 is 2.43 bits per heavy atom. The fourth-order valence-electron chi connectivity index (χ4n) is 2.25. The van der Waals surface area contributed by atoms with Crippen molar-refractivity contribution >= 4 is 11.7 Å². The molecule has 0 aliphatic carbocycles. The lowest BCUT2D eigenvalue weighted by molar-refractivity contribution is 0.0713. The minimum Gasteiger partial charge on any atom is -0.497 e. The van der Waals surface area contributed by atoms with E-state index in [2.05, 4.69) is 0 Å². The van der Waals surface area contributed by atoms with Crippen LogP contribution in [0.4, 0.5) is 0 Å². The first-order valence-corrected chi connectivity index (χ1v) is 6.54. The minimum atomic E-state index is -0.857. The molecule has 1 N–H and O–H groups in total. The number of benzene rings is 2. The molecule has 0 saturated heterocycles. The van der Waals surface area contributed by atoms with Gasteiger partial charge < -0.3 is 14.6 Å². The van der Waals surface area contributed by atoms with Gasteiger partial charge in [0, 0.05) is 5.56 Å². The Morgan fingerprint density at radius 1 is 1.10 bits per heavy atom. The summed E-state index contributed by atoms with van der Waals surface area (Å²) in [6.07, 6.45) is 0.677. The standard InChI is InChI=1S/C17H14O4/c1-20-12-8-6-11(7-9-12)15(18)10-16-13-4-2-3-5-14(13)17(19)21-16/h2-10,15,18H,1H3/b16-10-. The number of carbonyl (C=O) groups excluding carboxylic acids is 1. The summed E-state index contributed by atoms with van der Waals surface area (Å²) >= 11 is 0. The number of esters is 1. The van der Waals surface area contributed by atoms with E-state index in [0.29, 0.717) is 22.4 Å². The maximum absolute atomic E-state index is 11.7. The van der Waals surface area contributed by atoms with Gasteiger partial charge >= 0.3 is 5.97 Å². The molecule has 0 fully saturated rings. The molecule has 0 aromatic heterocycles. The van der Waals surface area contributed by atoms with Crippen molar-refractivity contribution in [3.05, 3.63) is 71.3 Å². The normalized spacial score (nSPS) is 16.5. The van der Waals surface area contributed by atoms with Crippen molar-refractivity contribution < 1.29 is 19.4 Å². The Morgan fingerprint density at radius 2 is 1.76 bits per heavy atom. The van der Waals surface area contributed by atoms with Gasteiger partial charge in [-0.05, 0) is 29.8 Å². The number of cyclic esters (lactones) is 1. The van der Waals surface area contributed by atoms with Gasteiger partial charge in [0.05, 0.1) is 12.7 Å². The highest BCUT2D eigenvalue weighted by atomic mass is 16.5. The molecule has 1 heterocycles. The van der Waals surface area contributed by atoms with Crippen LogP contribution in [0.1, 0.15) is 27.6 Å². The molecule has 0 amide bonds. The topological polar surface area (TPSA) is 55.8 Å². The Labute approximate surface area is 122 Å². The van der Waals surface area contributed by atoms with Gasteiger partial charge in [0.25, 0.3) is 0 Å². The smallest absolute Gasteiger partial charge is 0.344 e. The molecule has 1 atom stereocenters. The number of ether oxygens (including phenoxy) is 2. The molecule has 21 heavy (non-hydrogen) atoms. The first-order valence-electron chi connectivity index (χ1n) is 6.54. The van der Waals surface area contributed by atoms with Gasteiger partial charge in [-0.1, -0.05) is 30.3 Å². The Kier molecular flexibility index (Phi) is 3.46. The Bertz CT molecular complexity index is 701. The lowest BCUT2D eigenvalue weighted by atomic mass is 10.0. The molecule has 3 rings (SSSR count). The van der Waals surface area contributed by atoms with Crippen LogP contribution in [0.2, 0.25) is 0 Å². The molecule has 0 saturated carbocycles. The molecule has 1 aliphatic rings. The third kappa shape index (κ3) is 2.53. The zero-order chi connectivity index (χ0) is 14.8. The molecule has 1 aliphatic heterocycles. The zero-order valence-electron chi connectivity index (χ0n) is 11.4. The number of carbonyl (C=O) groups is 1. The molecular weight excluding hydrogens is 268 g/mol. The monoisotopic (exact) mass is 282 g/mol. The number of aliphatic hydroxyl groups excluding tert-OH is 1. The van der Waals surface area contributed by atoms with E-state index in [-0.39, 0.29) is 0 Å². The minimum absolute atomic E-state index is 0.388. The van der Waals surface area contributed by atoms with Crippen LogP contribution < -0.4 is 4.74 Å². The maximum Gasteiger partial charge on any atom is 0.344 e. The second-order valence-corrected chi connectivity index (χ2v) is 4.68.